The Morgan fingerprint density at radius 2 is 1.93 bits per heavy atom. The van der Waals surface area contributed by atoms with Crippen LogP contribution in [-0.4, -0.2) is 11.7 Å². The van der Waals surface area contributed by atoms with Crippen molar-refractivity contribution in [2.75, 3.05) is 6.61 Å². The molecule has 0 aromatic heterocycles. The number of hydrogen-bond acceptors (Lipinski definition) is 1. The van der Waals surface area contributed by atoms with E-state index in [-0.39, 0.29) is 6.61 Å². The number of halogens is 1. The van der Waals surface area contributed by atoms with Gasteiger partial charge in [-0.1, -0.05) is 47.0 Å². The Kier molecular flexibility index (Phi) is 3.81. The zero-order chi connectivity index (χ0) is 10.7. The third-order valence-electron chi connectivity index (χ3n) is 3.47. The summed E-state index contributed by atoms with van der Waals surface area (Å²) in [5.41, 5.74) is 1.27. The molecular formula is C13H17BrO. The third-order valence-corrected chi connectivity index (χ3v) is 4.19. The summed E-state index contributed by atoms with van der Waals surface area (Å²) in [4.78, 5) is 0. The van der Waals surface area contributed by atoms with Crippen LogP contribution in [0.1, 0.15) is 37.2 Å². The summed E-state index contributed by atoms with van der Waals surface area (Å²) in [6, 6.07) is 8.27. The summed E-state index contributed by atoms with van der Waals surface area (Å²) in [6.07, 6.45) is 5.19. The smallest absolute Gasteiger partial charge is 0.0502 e. The third kappa shape index (κ3) is 2.43. The molecule has 1 fully saturated rings. The maximum Gasteiger partial charge on any atom is 0.0502 e. The van der Waals surface area contributed by atoms with Crippen LogP contribution in [0.3, 0.4) is 0 Å². The van der Waals surface area contributed by atoms with Crippen LogP contribution >= 0.6 is 15.9 Å². The molecule has 0 heterocycles. The fourth-order valence-corrected chi connectivity index (χ4v) is 3.22. The SMILES string of the molecule is OCC(c1ccccc1Br)C1CCCC1. The van der Waals surface area contributed by atoms with Crippen LogP contribution in [0.2, 0.25) is 0 Å². The molecule has 2 heteroatoms. The van der Waals surface area contributed by atoms with E-state index in [4.69, 9.17) is 0 Å². The summed E-state index contributed by atoms with van der Waals surface area (Å²) >= 11 is 3.57. The molecule has 1 aliphatic carbocycles. The van der Waals surface area contributed by atoms with Gasteiger partial charge >= 0.3 is 0 Å². The molecule has 1 aromatic rings. The van der Waals surface area contributed by atoms with E-state index in [1.54, 1.807) is 0 Å². The first-order chi connectivity index (χ1) is 7.33. The molecular weight excluding hydrogens is 252 g/mol. The largest absolute Gasteiger partial charge is 0.396 e. The van der Waals surface area contributed by atoms with Crippen LogP contribution in [0.15, 0.2) is 28.7 Å². The fourth-order valence-electron chi connectivity index (χ4n) is 2.64. The van der Waals surface area contributed by atoms with Crippen LogP contribution in [0.4, 0.5) is 0 Å². The predicted molar refractivity (Wildman–Crippen MR) is 65.9 cm³/mol. The van der Waals surface area contributed by atoms with E-state index in [0.717, 1.165) is 4.47 Å². The highest BCUT2D eigenvalue weighted by Gasteiger charge is 2.26. The molecule has 1 atom stereocenters. The van der Waals surface area contributed by atoms with Crippen molar-refractivity contribution in [1.29, 1.82) is 0 Å². The first-order valence-corrected chi connectivity index (χ1v) is 6.47. The van der Waals surface area contributed by atoms with Crippen molar-refractivity contribution >= 4 is 15.9 Å². The molecule has 0 saturated heterocycles. The molecule has 82 valence electrons. The Labute approximate surface area is 99.6 Å². The van der Waals surface area contributed by atoms with Gasteiger partial charge in [0, 0.05) is 10.4 Å². The predicted octanol–water partition coefficient (Wildman–Crippen LogP) is 3.72. The van der Waals surface area contributed by atoms with Crippen LogP contribution in [0.25, 0.3) is 0 Å². The van der Waals surface area contributed by atoms with Crippen LogP contribution in [0.5, 0.6) is 0 Å². The molecule has 1 nitrogen and oxygen atoms in total. The van der Waals surface area contributed by atoms with Crippen LogP contribution in [-0.2, 0) is 0 Å². The zero-order valence-electron chi connectivity index (χ0n) is 8.82. The summed E-state index contributed by atoms with van der Waals surface area (Å²) in [5, 5.41) is 9.54. The van der Waals surface area contributed by atoms with Gasteiger partial charge in [-0.2, -0.15) is 0 Å². The molecule has 0 aliphatic heterocycles. The highest BCUT2D eigenvalue weighted by atomic mass is 79.9. The monoisotopic (exact) mass is 268 g/mol. The summed E-state index contributed by atoms with van der Waals surface area (Å²) < 4.78 is 1.14. The molecule has 1 saturated carbocycles. The topological polar surface area (TPSA) is 20.2 Å². The van der Waals surface area contributed by atoms with E-state index < -0.39 is 0 Å². The quantitative estimate of drug-likeness (QED) is 0.886. The molecule has 1 unspecified atom stereocenters. The minimum absolute atomic E-state index is 0.271. The standard InChI is InChI=1S/C13H17BrO/c14-13-8-4-3-7-11(13)12(9-15)10-5-1-2-6-10/h3-4,7-8,10,12,15H,1-2,5-6,9H2. The van der Waals surface area contributed by atoms with E-state index in [2.05, 4.69) is 34.1 Å². The van der Waals surface area contributed by atoms with Crippen molar-refractivity contribution in [1.82, 2.24) is 0 Å². The molecule has 0 radical (unpaired) electrons. The maximum atomic E-state index is 9.54. The van der Waals surface area contributed by atoms with E-state index in [0.29, 0.717) is 11.8 Å². The minimum Gasteiger partial charge on any atom is -0.396 e. The Balaban J connectivity index is 2.22. The Morgan fingerprint density at radius 1 is 1.27 bits per heavy atom. The number of rotatable bonds is 3. The summed E-state index contributed by atoms with van der Waals surface area (Å²) in [6.45, 7) is 0.271. The lowest BCUT2D eigenvalue weighted by molar-refractivity contribution is 0.225. The van der Waals surface area contributed by atoms with E-state index >= 15 is 0 Å². The second kappa shape index (κ2) is 5.13. The molecule has 0 bridgehead atoms. The fraction of sp³-hybridized carbons (Fsp3) is 0.538. The second-order valence-electron chi connectivity index (χ2n) is 4.36. The van der Waals surface area contributed by atoms with Gasteiger partial charge in [0.15, 0.2) is 0 Å². The van der Waals surface area contributed by atoms with Gasteiger partial charge in [0.05, 0.1) is 6.61 Å². The van der Waals surface area contributed by atoms with E-state index in [1.807, 2.05) is 6.07 Å². The summed E-state index contributed by atoms with van der Waals surface area (Å²) in [7, 11) is 0. The molecule has 0 spiro atoms. The second-order valence-corrected chi connectivity index (χ2v) is 5.21. The van der Waals surface area contributed by atoms with Crippen molar-refractivity contribution in [2.45, 2.75) is 31.6 Å². The van der Waals surface area contributed by atoms with Gasteiger partial charge < -0.3 is 5.11 Å². The molecule has 1 aromatic carbocycles. The van der Waals surface area contributed by atoms with Crippen molar-refractivity contribution in [3.05, 3.63) is 34.3 Å². The van der Waals surface area contributed by atoms with Crippen molar-refractivity contribution < 1.29 is 5.11 Å². The first kappa shape index (κ1) is 11.2. The molecule has 2 rings (SSSR count). The minimum atomic E-state index is 0.271. The van der Waals surface area contributed by atoms with Gasteiger partial charge in [-0.25, -0.2) is 0 Å². The normalized spacial score (nSPS) is 19.3. The van der Waals surface area contributed by atoms with Crippen molar-refractivity contribution in [2.24, 2.45) is 5.92 Å². The molecule has 1 N–H and O–H groups in total. The number of aliphatic hydroxyl groups excluding tert-OH is 1. The van der Waals surface area contributed by atoms with Gasteiger partial charge in [-0.05, 0) is 30.4 Å². The van der Waals surface area contributed by atoms with Gasteiger partial charge in [0.1, 0.15) is 0 Å². The number of aliphatic hydroxyl groups is 1. The van der Waals surface area contributed by atoms with Crippen molar-refractivity contribution in [3.63, 3.8) is 0 Å². The number of hydrogen-bond donors (Lipinski definition) is 1. The molecule has 1 aliphatic rings. The Morgan fingerprint density at radius 3 is 2.53 bits per heavy atom. The van der Waals surface area contributed by atoms with Crippen molar-refractivity contribution in [3.8, 4) is 0 Å². The summed E-state index contributed by atoms with van der Waals surface area (Å²) in [5.74, 6) is 0.997. The molecule has 0 amide bonds. The number of benzene rings is 1. The first-order valence-electron chi connectivity index (χ1n) is 5.68. The highest BCUT2D eigenvalue weighted by molar-refractivity contribution is 9.10. The maximum absolute atomic E-state index is 9.54. The van der Waals surface area contributed by atoms with Gasteiger partial charge in [-0.15, -0.1) is 0 Å². The lowest BCUT2D eigenvalue weighted by Gasteiger charge is -2.22. The van der Waals surface area contributed by atoms with Crippen LogP contribution < -0.4 is 0 Å². The van der Waals surface area contributed by atoms with E-state index in [1.165, 1.54) is 31.2 Å². The Hall–Kier alpha value is -0.340. The lowest BCUT2D eigenvalue weighted by Crippen LogP contribution is -2.14. The van der Waals surface area contributed by atoms with E-state index in [9.17, 15) is 5.11 Å². The highest BCUT2D eigenvalue weighted by Crippen LogP contribution is 2.39. The average Bonchev–Trinajstić information content (AvgIpc) is 2.75. The average molecular weight is 269 g/mol. The molecule has 15 heavy (non-hydrogen) atoms. The van der Waals surface area contributed by atoms with Gasteiger partial charge in [0.2, 0.25) is 0 Å². The van der Waals surface area contributed by atoms with Gasteiger partial charge in [-0.3, -0.25) is 0 Å². The lowest BCUT2D eigenvalue weighted by atomic mass is 9.85. The van der Waals surface area contributed by atoms with Crippen LogP contribution in [0, 0.1) is 5.92 Å². The Bertz CT molecular complexity index is 318. The van der Waals surface area contributed by atoms with Gasteiger partial charge in [0.25, 0.3) is 0 Å². The zero-order valence-corrected chi connectivity index (χ0v) is 10.4.